The number of aliphatic imine (C=N–C) groups is 1. The number of nitrogens with zero attached hydrogens (tertiary/aromatic N) is 2. The van der Waals surface area contributed by atoms with E-state index in [4.69, 9.17) is 11.6 Å². The number of carbonyl (C=O) groups is 1. The third-order valence-corrected chi connectivity index (χ3v) is 10.1. The summed E-state index contributed by atoms with van der Waals surface area (Å²) in [6.07, 6.45) is 5.09. The van der Waals surface area contributed by atoms with Crippen LogP contribution in [0.1, 0.15) is 31.2 Å². The van der Waals surface area contributed by atoms with Crippen molar-refractivity contribution in [3.63, 3.8) is 0 Å². The molecule has 0 aromatic heterocycles. The van der Waals surface area contributed by atoms with Gasteiger partial charge < -0.3 is 4.90 Å². The Morgan fingerprint density at radius 2 is 1.93 bits per heavy atom. The predicted molar refractivity (Wildman–Crippen MR) is 112 cm³/mol. The van der Waals surface area contributed by atoms with E-state index in [1.54, 1.807) is 12.1 Å². The minimum atomic E-state index is -3.00. The zero-order chi connectivity index (χ0) is 19.5. The van der Waals surface area contributed by atoms with Crippen molar-refractivity contribution in [3.05, 3.63) is 34.9 Å². The summed E-state index contributed by atoms with van der Waals surface area (Å²) in [6, 6.07) is 7.56. The van der Waals surface area contributed by atoms with Gasteiger partial charge in [0, 0.05) is 16.3 Å². The predicted octanol–water partition coefficient (Wildman–Crippen LogP) is 3.17. The molecule has 4 fully saturated rings. The van der Waals surface area contributed by atoms with Gasteiger partial charge >= 0.3 is 0 Å². The maximum atomic E-state index is 12.6. The van der Waals surface area contributed by atoms with Crippen molar-refractivity contribution in [1.29, 1.82) is 0 Å². The normalized spacial score (nSPS) is 37.0. The summed E-state index contributed by atoms with van der Waals surface area (Å²) >= 11 is 7.42. The number of hydrogen-bond donors (Lipinski definition) is 0. The van der Waals surface area contributed by atoms with Gasteiger partial charge in [-0.3, -0.25) is 4.79 Å². The number of amides is 1. The van der Waals surface area contributed by atoms with Crippen LogP contribution in [-0.4, -0.2) is 53.2 Å². The zero-order valence-electron chi connectivity index (χ0n) is 15.5. The van der Waals surface area contributed by atoms with E-state index in [-0.39, 0.29) is 35.1 Å². The maximum Gasteiger partial charge on any atom is 0.252 e. The highest BCUT2D eigenvalue weighted by Gasteiger charge is 2.54. The number of amidine groups is 1. The Morgan fingerprint density at radius 1 is 1.14 bits per heavy atom. The van der Waals surface area contributed by atoms with Crippen LogP contribution in [0.3, 0.4) is 0 Å². The molecule has 0 unspecified atom stereocenters. The summed E-state index contributed by atoms with van der Waals surface area (Å²) < 4.78 is 24.4. The first-order valence-electron chi connectivity index (χ1n) is 9.89. The molecule has 2 bridgehead atoms. The SMILES string of the molecule is O=C(Cc1ccc(Cl)cc1)N=C1S[C@H]2CS(=O)(=O)C[C@H]2N1[C@@H]1C[C@@H]2CC[C@@H]1C2. The Hall–Kier alpha value is -1.05. The molecule has 5 rings (SSSR count). The second-order valence-corrected chi connectivity index (χ2v) is 12.3. The second-order valence-electron chi connectivity index (χ2n) is 8.54. The average Bonchev–Trinajstić information content (AvgIpc) is 3.36. The maximum absolute atomic E-state index is 12.6. The third kappa shape index (κ3) is 3.50. The molecular weight excluding hydrogens is 416 g/mol. The van der Waals surface area contributed by atoms with Gasteiger partial charge in [0.25, 0.3) is 5.91 Å². The van der Waals surface area contributed by atoms with Crippen molar-refractivity contribution in [2.45, 2.75) is 49.4 Å². The Morgan fingerprint density at radius 3 is 2.61 bits per heavy atom. The molecule has 4 aliphatic rings. The van der Waals surface area contributed by atoms with Crippen LogP contribution in [0.15, 0.2) is 29.3 Å². The van der Waals surface area contributed by atoms with Crippen LogP contribution >= 0.6 is 23.4 Å². The van der Waals surface area contributed by atoms with E-state index in [0.717, 1.165) is 23.1 Å². The summed E-state index contributed by atoms with van der Waals surface area (Å²) in [4.78, 5) is 19.4. The first kappa shape index (κ1) is 18.9. The summed E-state index contributed by atoms with van der Waals surface area (Å²) in [5.74, 6) is 1.58. The van der Waals surface area contributed by atoms with E-state index in [2.05, 4.69) is 9.89 Å². The molecule has 0 spiro atoms. The van der Waals surface area contributed by atoms with Gasteiger partial charge in [0.15, 0.2) is 15.0 Å². The lowest BCUT2D eigenvalue weighted by molar-refractivity contribution is -0.117. The van der Waals surface area contributed by atoms with Crippen LogP contribution in [-0.2, 0) is 21.1 Å². The van der Waals surface area contributed by atoms with Gasteiger partial charge in [-0.15, -0.1) is 0 Å². The number of thioether (sulfide) groups is 1. The van der Waals surface area contributed by atoms with Crippen molar-refractivity contribution in [3.8, 4) is 0 Å². The minimum Gasteiger partial charge on any atom is -0.343 e. The van der Waals surface area contributed by atoms with E-state index in [1.807, 2.05) is 12.1 Å². The number of sulfone groups is 1. The molecule has 2 heterocycles. The number of hydrogen-bond acceptors (Lipinski definition) is 4. The van der Waals surface area contributed by atoms with Gasteiger partial charge in [-0.05, 0) is 48.8 Å². The van der Waals surface area contributed by atoms with Gasteiger partial charge in [0.05, 0.1) is 24.0 Å². The fourth-order valence-corrected chi connectivity index (χ4v) is 9.57. The highest BCUT2D eigenvalue weighted by molar-refractivity contribution is 8.15. The first-order valence-corrected chi connectivity index (χ1v) is 13.0. The van der Waals surface area contributed by atoms with Gasteiger partial charge in [0.1, 0.15) is 0 Å². The second kappa shape index (κ2) is 7.03. The number of fused-ring (bicyclic) bond motifs is 3. The van der Waals surface area contributed by atoms with E-state index in [0.29, 0.717) is 17.0 Å². The molecular formula is C20H23ClN2O3S2. The Kier molecular flexibility index (Phi) is 4.75. The van der Waals surface area contributed by atoms with E-state index in [9.17, 15) is 13.2 Å². The molecule has 28 heavy (non-hydrogen) atoms. The summed E-state index contributed by atoms with van der Waals surface area (Å²) in [7, 11) is -3.00. The standard InChI is InChI=1S/C20H23ClN2O3S2/c21-15-5-2-12(3-6-15)9-19(24)22-20-23(16-8-13-1-4-14(16)7-13)17-10-28(25,26)11-18(17)27-20/h2-3,5-6,13-14,16-18H,1,4,7-11H2/t13-,14-,16-,17-,18+/m1/s1. The number of rotatable bonds is 3. The number of benzene rings is 1. The minimum absolute atomic E-state index is 0.00575. The molecule has 1 aromatic rings. The molecule has 2 saturated carbocycles. The fourth-order valence-electron chi connectivity index (χ4n) is 5.45. The molecule has 1 amide bonds. The summed E-state index contributed by atoms with van der Waals surface area (Å²) in [5, 5.41) is 1.40. The summed E-state index contributed by atoms with van der Waals surface area (Å²) in [5.41, 5.74) is 0.885. The van der Waals surface area contributed by atoms with Crippen molar-refractivity contribution in [2.24, 2.45) is 16.8 Å². The topological polar surface area (TPSA) is 66.8 Å². The van der Waals surface area contributed by atoms with Crippen LogP contribution in [0.25, 0.3) is 0 Å². The van der Waals surface area contributed by atoms with Crippen molar-refractivity contribution in [2.75, 3.05) is 11.5 Å². The summed E-state index contributed by atoms with van der Waals surface area (Å²) in [6.45, 7) is 0. The van der Waals surface area contributed by atoms with Crippen LogP contribution < -0.4 is 0 Å². The Labute approximate surface area is 174 Å². The van der Waals surface area contributed by atoms with Crippen molar-refractivity contribution < 1.29 is 13.2 Å². The first-order chi connectivity index (χ1) is 13.4. The smallest absolute Gasteiger partial charge is 0.252 e. The quantitative estimate of drug-likeness (QED) is 0.725. The van der Waals surface area contributed by atoms with Gasteiger partial charge in [0.2, 0.25) is 0 Å². The van der Waals surface area contributed by atoms with Gasteiger partial charge in [-0.1, -0.05) is 41.9 Å². The molecule has 0 radical (unpaired) electrons. The van der Waals surface area contributed by atoms with Crippen molar-refractivity contribution in [1.82, 2.24) is 4.90 Å². The molecule has 2 aliphatic carbocycles. The average molecular weight is 439 g/mol. The molecule has 5 atom stereocenters. The van der Waals surface area contributed by atoms with Gasteiger partial charge in [-0.25, -0.2) is 8.42 Å². The lowest BCUT2D eigenvalue weighted by Gasteiger charge is -2.36. The van der Waals surface area contributed by atoms with Crippen LogP contribution in [0.5, 0.6) is 0 Å². The largest absolute Gasteiger partial charge is 0.343 e. The lowest BCUT2D eigenvalue weighted by atomic mass is 9.93. The molecule has 8 heteroatoms. The van der Waals surface area contributed by atoms with Crippen LogP contribution in [0.2, 0.25) is 5.02 Å². The van der Waals surface area contributed by atoms with Crippen LogP contribution in [0, 0.1) is 11.8 Å². The lowest BCUT2D eigenvalue weighted by Crippen LogP contribution is -2.47. The highest BCUT2D eigenvalue weighted by Crippen LogP contribution is 2.51. The monoisotopic (exact) mass is 438 g/mol. The van der Waals surface area contributed by atoms with Crippen molar-refractivity contribution >= 4 is 44.3 Å². The number of carbonyl (C=O) groups excluding carboxylic acids is 1. The van der Waals surface area contributed by atoms with Crippen LogP contribution in [0.4, 0.5) is 0 Å². The molecule has 1 aromatic carbocycles. The number of halogens is 1. The van der Waals surface area contributed by atoms with E-state index >= 15 is 0 Å². The Balaban J connectivity index is 1.40. The van der Waals surface area contributed by atoms with Gasteiger partial charge in [-0.2, -0.15) is 4.99 Å². The molecule has 150 valence electrons. The zero-order valence-corrected chi connectivity index (χ0v) is 17.8. The molecule has 2 aliphatic heterocycles. The highest BCUT2D eigenvalue weighted by atomic mass is 35.5. The fraction of sp³-hybridized carbons (Fsp3) is 0.600. The Bertz CT molecular complexity index is 931. The molecule has 2 saturated heterocycles. The third-order valence-electron chi connectivity index (χ3n) is 6.65. The molecule has 5 nitrogen and oxygen atoms in total. The molecule has 0 N–H and O–H groups in total. The van der Waals surface area contributed by atoms with E-state index in [1.165, 1.54) is 31.0 Å². The van der Waals surface area contributed by atoms with E-state index < -0.39 is 9.84 Å².